The number of aryl methyl sites for hydroxylation is 1. The van der Waals surface area contributed by atoms with Crippen LogP contribution in [0.5, 0.6) is 5.75 Å². The summed E-state index contributed by atoms with van der Waals surface area (Å²) < 4.78 is 12.0. The third-order valence-electron chi connectivity index (χ3n) is 11.1. The fourth-order valence-electron chi connectivity index (χ4n) is 8.62. The van der Waals surface area contributed by atoms with Gasteiger partial charge < -0.3 is 9.47 Å². The number of rotatable bonds is 18. The van der Waals surface area contributed by atoms with Gasteiger partial charge in [0.25, 0.3) is 0 Å². The number of hydrogen-bond acceptors (Lipinski definition) is 4. The molecule has 5 atom stereocenters. The molecule has 4 heteroatoms. The van der Waals surface area contributed by atoms with Gasteiger partial charge in [0.05, 0.1) is 0 Å². The van der Waals surface area contributed by atoms with Crippen LogP contribution in [0.2, 0.25) is 0 Å². The van der Waals surface area contributed by atoms with E-state index < -0.39 is 0 Å². The number of hydrogen-bond donors (Lipinski definition) is 0. The average Bonchev–Trinajstić information content (AvgIpc) is 3.31. The fraction of sp³-hybridized carbons (Fsp3) is 0.789. The number of ether oxygens (including phenoxy) is 2. The average molecular weight is 581 g/mol. The Morgan fingerprint density at radius 2 is 1.38 bits per heavy atom. The SMILES string of the molecule is CCCCCCCCCC(=O)Oc1ccc2c(c1)CC[C@@H]1[C@@H]2CC[C@]2(C)C(OC(=O)CCCCCCCCC)CC[C@@H]12. The molecule has 3 aliphatic rings. The molecule has 0 saturated heterocycles. The molecular formula is C38H60O4. The highest BCUT2D eigenvalue weighted by Crippen LogP contribution is 2.61. The van der Waals surface area contributed by atoms with Crippen LogP contribution < -0.4 is 4.74 Å². The standard InChI is InChI=1S/C38H60O4/c1-4-6-8-10-12-14-16-18-36(39)41-30-21-23-31-29(28-30)20-22-33-32(31)26-27-38(3)34(33)24-25-35(38)42-37(40)19-17-15-13-11-9-7-5-2/h21,23,28,32-35H,4-20,22,24-27H2,1-3H3/t32-,33-,34+,35?,38+/m1/s1. The van der Waals surface area contributed by atoms with Crippen LogP contribution in [0.15, 0.2) is 18.2 Å². The summed E-state index contributed by atoms with van der Waals surface area (Å²) in [6, 6.07) is 6.42. The summed E-state index contributed by atoms with van der Waals surface area (Å²) in [5, 5.41) is 0. The Balaban J connectivity index is 1.23. The lowest BCUT2D eigenvalue weighted by Gasteiger charge is -2.50. The Morgan fingerprint density at radius 1 is 0.762 bits per heavy atom. The Bertz CT molecular complexity index is 985. The van der Waals surface area contributed by atoms with Crippen molar-refractivity contribution in [2.24, 2.45) is 17.3 Å². The van der Waals surface area contributed by atoms with Gasteiger partial charge in [0, 0.05) is 18.3 Å². The quantitative estimate of drug-likeness (QED) is 0.0984. The predicted molar refractivity (Wildman–Crippen MR) is 172 cm³/mol. The molecule has 0 N–H and O–H groups in total. The van der Waals surface area contributed by atoms with Crippen molar-refractivity contribution in [1.29, 1.82) is 0 Å². The van der Waals surface area contributed by atoms with E-state index in [0.717, 1.165) is 57.1 Å². The second kappa shape index (κ2) is 16.9. The number of fused-ring (bicyclic) bond motifs is 5. The van der Waals surface area contributed by atoms with Gasteiger partial charge in [-0.3, -0.25) is 9.59 Å². The van der Waals surface area contributed by atoms with Gasteiger partial charge in [0.1, 0.15) is 11.9 Å². The zero-order chi connectivity index (χ0) is 29.8. The molecular weight excluding hydrogens is 520 g/mol. The molecule has 3 aliphatic carbocycles. The van der Waals surface area contributed by atoms with Crippen LogP contribution in [0.1, 0.15) is 173 Å². The number of carbonyl (C=O) groups is 2. The minimum atomic E-state index is -0.0934. The molecule has 0 heterocycles. The van der Waals surface area contributed by atoms with Crippen molar-refractivity contribution in [2.45, 2.75) is 174 Å². The maximum Gasteiger partial charge on any atom is 0.311 e. The van der Waals surface area contributed by atoms with Gasteiger partial charge in [-0.05, 0) is 92.4 Å². The molecule has 0 radical (unpaired) electrons. The van der Waals surface area contributed by atoms with Crippen LogP contribution in [0.25, 0.3) is 0 Å². The molecule has 2 saturated carbocycles. The minimum Gasteiger partial charge on any atom is -0.462 e. The van der Waals surface area contributed by atoms with Gasteiger partial charge in [0.2, 0.25) is 0 Å². The van der Waals surface area contributed by atoms with E-state index in [9.17, 15) is 9.59 Å². The smallest absolute Gasteiger partial charge is 0.311 e. The normalized spacial score (nSPS) is 26.3. The molecule has 1 aromatic rings. The molecule has 236 valence electrons. The van der Waals surface area contributed by atoms with E-state index in [4.69, 9.17) is 9.47 Å². The molecule has 4 nitrogen and oxygen atoms in total. The topological polar surface area (TPSA) is 52.6 Å². The van der Waals surface area contributed by atoms with E-state index in [2.05, 4.69) is 32.9 Å². The first kappa shape index (κ1) is 33.1. The van der Waals surface area contributed by atoms with Crippen LogP contribution in [0.3, 0.4) is 0 Å². The summed E-state index contributed by atoms with van der Waals surface area (Å²) in [7, 11) is 0. The van der Waals surface area contributed by atoms with Crippen LogP contribution in [-0.4, -0.2) is 18.0 Å². The lowest BCUT2D eigenvalue weighted by atomic mass is 9.55. The molecule has 1 aromatic carbocycles. The highest BCUT2D eigenvalue weighted by molar-refractivity contribution is 5.72. The maximum absolute atomic E-state index is 12.8. The summed E-state index contributed by atoms with van der Waals surface area (Å²) in [4.78, 5) is 25.2. The Labute approximate surface area is 257 Å². The van der Waals surface area contributed by atoms with E-state index in [-0.39, 0.29) is 23.5 Å². The first-order valence-electron chi connectivity index (χ1n) is 18.0. The van der Waals surface area contributed by atoms with E-state index >= 15 is 0 Å². The summed E-state index contributed by atoms with van der Waals surface area (Å²) in [5.74, 6) is 2.51. The Hall–Kier alpha value is -1.84. The lowest BCUT2D eigenvalue weighted by molar-refractivity contribution is -0.157. The summed E-state index contributed by atoms with van der Waals surface area (Å²) in [6.07, 6.45) is 24.9. The third-order valence-corrected chi connectivity index (χ3v) is 11.1. The van der Waals surface area contributed by atoms with Crippen molar-refractivity contribution in [3.05, 3.63) is 29.3 Å². The molecule has 1 unspecified atom stereocenters. The van der Waals surface area contributed by atoms with E-state index in [0.29, 0.717) is 30.6 Å². The molecule has 2 fully saturated rings. The lowest BCUT2D eigenvalue weighted by Crippen LogP contribution is -2.45. The highest BCUT2D eigenvalue weighted by Gasteiger charge is 2.56. The number of benzene rings is 1. The third kappa shape index (κ3) is 8.85. The molecule has 0 aliphatic heterocycles. The second-order valence-corrected chi connectivity index (χ2v) is 14.1. The van der Waals surface area contributed by atoms with Gasteiger partial charge >= 0.3 is 11.9 Å². The first-order valence-corrected chi connectivity index (χ1v) is 18.0. The van der Waals surface area contributed by atoms with Gasteiger partial charge in [-0.15, -0.1) is 0 Å². The van der Waals surface area contributed by atoms with Gasteiger partial charge in [-0.25, -0.2) is 0 Å². The molecule has 42 heavy (non-hydrogen) atoms. The second-order valence-electron chi connectivity index (χ2n) is 14.1. The van der Waals surface area contributed by atoms with Crippen molar-refractivity contribution < 1.29 is 19.1 Å². The van der Waals surface area contributed by atoms with Crippen LogP contribution in [0, 0.1) is 17.3 Å². The van der Waals surface area contributed by atoms with Gasteiger partial charge in [-0.1, -0.05) is 104 Å². The molecule has 4 rings (SSSR count). The Morgan fingerprint density at radius 3 is 2.05 bits per heavy atom. The van der Waals surface area contributed by atoms with E-state index in [1.54, 1.807) is 0 Å². The molecule has 0 bridgehead atoms. The molecule has 0 amide bonds. The van der Waals surface area contributed by atoms with Crippen LogP contribution in [-0.2, 0) is 20.7 Å². The number of esters is 2. The predicted octanol–water partition coefficient (Wildman–Crippen LogP) is 10.6. The number of unbranched alkanes of at least 4 members (excludes halogenated alkanes) is 12. The first-order chi connectivity index (χ1) is 20.5. The van der Waals surface area contributed by atoms with Crippen molar-refractivity contribution in [3.63, 3.8) is 0 Å². The van der Waals surface area contributed by atoms with Gasteiger partial charge in [0.15, 0.2) is 0 Å². The van der Waals surface area contributed by atoms with E-state index in [1.807, 2.05) is 6.07 Å². The molecule has 0 aromatic heterocycles. The van der Waals surface area contributed by atoms with Crippen molar-refractivity contribution in [2.75, 3.05) is 0 Å². The van der Waals surface area contributed by atoms with Gasteiger partial charge in [-0.2, -0.15) is 0 Å². The Kier molecular flexibility index (Phi) is 13.3. The van der Waals surface area contributed by atoms with E-state index in [1.165, 1.54) is 88.2 Å². The number of carbonyl (C=O) groups excluding carboxylic acids is 2. The van der Waals surface area contributed by atoms with Crippen molar-refractivity contribution in [1.82, 2.24) is 0 Å². The van der Waals surface area contributed by atoms with Crippen LogP contribution in [0.4, 0.5) is 0 Å². The zero-order valence-corrected chi connectivity index (χ0v) is 27.2. The summed E-state index contributed by atoms with van der Waals surface area (Å²) in [5.41, 5.74) is 2.95. The van der Waals surface area contributed by atoms with Crippen LogP contribution >= 0.6 is 0 Å². The molecule has 0 spiro atoms. The maximum atomic E-state index is 12.8. The largest absolute Gasteiger partial charge is 0.462 e. The fourth-order valence-corrected chi connectivity index (χ4v) is 8.62. The zero-order valence-electron chi connectivity index (χ0n) is 27.2. The van der Waals surface area contributed by atoms with Crippen molar-refractivity contribution in [3.8, 4) is 5.75 Å². The highest BCUT2D eigenvalue weighted by atomic mass is 16.5. The summed E-state index contributed by atoms with van der Waals surface area (Å²) >= 11 is 0. The monoisotopic (exact) mass is 580 g/mol. The summed E-state index contributed by atoms with van der Waals surface area (Å²) in [6.45, 7) is 6.90. The minimum absolute atomic E-state index is 0.0283. The van der Waals surface area contributed by atoms with Crippen molar-refractivity contribution >= 4 is 11.9 Å².